The summed E-state index contributed by atoms with van der Waals surface area (Å²) >= 11 is 6.00. The molecule has 5 rings (SSSR count). The summed E-state index contributed by atoms with van der Waals surface area (Å²) in [5.41, 5.74) is 3.42. The number of benzene rings is 4. The number of hydrogen-bond donors (Lipinski definition) is 0. The van der Waals surface area contributed by atoms with Gasteiger partial charge in [-0.1, -0.05) is 77.8 Å². The molecule has 0 amide bonds. The summed E-state index contributed by atoms with van der Waals surface area (Å²) in [7, 11) is -4.12. The van der Waals surface area contributed by atoms with E-state index in [9.17, 15) is 18.0 Å². The van der Waals surface area contributed by atoms with Gasteiger partial charge in [-0.2, -0.15) is 0 Å². The van der Waals surface area contributed by atoms with E-state index in [0.717, 1.165) is 5.56 Å². The Morgan fingerprint density at radius 2 is 1.50 bits per heavy atom. The molecule has 0 fully saturated rings. The molecule has 7 heteroatoms. The van der Waals surface area contributed by atoms with Gasteiger partial charge in [0.1, 0.15) is 6.29 Å². The van der Waals surface area contributed by atoms with Crippen molar-refractivity contribution in [1.82, 2.24) is 0 Å². The molecule has 0 aliphatic carbocycles. The zero-order valence-electron chi connectivity index (χ0n) is 20.5. The maximum Gasteiger partial charge on any atom is 0.268 e. The van der Waals surface area contributed by atoms with Gasteiger partial charge in [0.15, 0.2) is 5.78 Å². The predicted molar refractivity (Wildman–Crippen MR) is 150 cm³/mol. The van der Waals surface area contributed by atoms with E-state index in [2.05, 4.69) is 0 Å². The Hall–Kier alpha value is -4.00. The third kappa shape index (κ3) is 4.69. The molecule has 5 nitrogen and oxygen atoms in total. The Morgan fingerprint density at radius 3 is 2.16 bits per heavy atom. The van der Waals surface area contributed by atoms with Crippen LogP contribution in [0.2, 0.25) is 5.02 Å². The second kappa shape index (κ2) is 10.4. The SMILES string of the molecule is Cc1ccc(S(=O)(=O)N2C(c3ccccc3)=C(C=O)[C@H](CC(=O)c3ccc(Cl)cc3)c3ccccc32)cc1. The first-order chi connectivity index (χ1) is 18.3. The molecule has 1 aliphatic heterocycles. The smallest absolute Gasteiger partial charge is 0.268 e. The number of aryl methyl sites for hydroxylation is 1. The predicted octanol–water partition coefficient (Wildman–Crippen LogP) is 6.82. The molecule has 0 bridgehead atoms. The maximum absolute atomic E-state index is 14.2. The summed E-state index contributed by atoms with van der Waals surface area (Å²) in [5.74, 6) is -0.824. The highest BCUT2D eigenvalue weighted by Crippen LogP contribution is 2.48. The van der Waals surface area contributed by atoms with Crippen LogP contribution in [0.3, 0.4) is 0 Å². The highest BCUT2D eigenvalue weighted by atomic mass is 35.5. The largest absolute Gasteiger partial charge is 0.298 e. The topological polar surface area (TPSA) is 71.5 Å². The number of rotatable bonds is 7. The van der Waals surface area contributed by atoms with E-state index in [-0.39, 0.29) is 28.4 Å². The Kier molecular flexibility index (Phi) is 7.02. The lowest BCUT2D eigenvalue weighted by atomic mass is 9.80. The molecule has 4 aromatic carbocycles. The van der Waals surface area contributed by atoms with Crippen LogP contribution in [0.4, 0.5) is 5.69 Å². The molecule has 0 spiro atoms. The number of sulfonamides is 1. The Labute approximate surface area is 227 Å². The Bertz CT molecular complexity index is 1640. The molecule has 1 heterocycles. The summed E-state index contributed by atoms with van der Waals surface area (Å²) in [6.45, 7) is 1.88. The van der Waals surface area contributed by atoms with Crippen LogP contribution >= 0.6 is 11.6 Å². The number of hydrogen-bond acceptors (Lipinski definition) is 4. The van der Waals surface area contributed by atoms with Gasteiger partial charge in [0.05, 0.1) is 16.3 Å². The fourth-order valence-corrected chi connectivity index (χ4v) is 6.47. The quantitative estimate of drug-likeness (QED) is 0.190. The zero-order chi connectivity index (χ0) is 26.9. The fraction of sp³-hybridized carbons (Fsp3) is 0.0968. The van der Waals surface area contributed by atoms with Crippen LogP contribution in [0.1, 0.15) is 39.4 Å². The number of anilines is 1. The minimum atomic E-state index is -4.12. The van der Waals surface area contributed by atoms with Crippen molar-refractivity contribution in [3.8, 4) is 0 Å². The first-order valence-corrected chi connectivity index (χ1v) is 13.9. The van der Waals surface area contributed by atoms with E-state index in [0.29, 0.717) is 33.7 Å². The van der Waals surface area contributed by atoms with Crippen molar-refractivity contribution in [1.29, 1.82) is 0 Å². The van der Waals surface area contributed by atoms with Crippen LogP contribution in [-0.2, 0) is 14.8 Å². The maximum atomic E-state index is 14.2. The minimum absolute atomic E-state index is 0.0124. The molecule has 190 valence electrons. The molecule has 0 saturated heterocycles. The second-order valence-corrected chi connectivity index (χ2v) is 11.3. The van der Waals surface area contributed by atoms with Crippen LogP contribution < -0.4 is 4.31 Å². The molecular formula is C31H24ClNO4S. The number of carbonyl (C=O) groups excluding carboxylic acids is 2. The molecule has 0 radical (unpaired) electrons. The lowest BCUT2D eigenvalue weighted by Crippen LogP contribution is -2.36. The van der Waals surface area contributed by atoms with Gasteiger partial charge in [-0.15, -0.1) is 0 Å². The molecule has 1 atom stereocenters. The number of halogens is 1. The Balaban J connectivity index is 1.74. The summed E-state index contributed by atoms with van der Waals surface area (Å²) in [5, 5.41) is 0.515. The van der Waals surface area contributed by atoms with E-state index < -0.39 is 15.9 Å². The van der Waals surface area contributed by atoms with Crippen molar-refractivity contribution < 1.29 is 18.0 Å². The van der Waals surface area contributed by atoms with E-state index in [4.69, 9.17) is 11.6 Å². The average molecular weight is 542 g/mol. The standard InChI is InChI=1S/C31H24ClNO4S/c1-21-11-17-25(18-12-21)38(36,37)33-29-10-6-5-9-26(29)27(19-30(35)22-13-15-24(32)16-14-22)28(20-34)31(33)23-7-3-2-4-8-23/h2-18,20,27H,19H2,1H3/t27-/m1/s1. The van der Waals surface area contributed by atoms with Crippen LogP contribution in [-0.4, -0.2) is 20.5 Å². The van der Waals surface area contributed by atoms with Gasteiger partial charge in [-0.05, 0) is 60.5 Å². The Morgan fingerprint density at radius 1 is 0.868 bits per heavy atom. The van der Waals surface area contributed by atoms with Crippen molar-refractivity contribution in [3.63, 3.8) is 0 Å². The van der Waals surface area contributed by atoms with Crippen LogP contribution in [0.25, 0.3) is 5.70 Å². The van der Waals surface area contributed by atoms with Gasteiger partial charge < -0.3 is 0 Å². The van der Waals surface area contributed by atoms with Crippen LogP contribution in [0.5, 0.6) is 0 Å². The van der Waals surface area contributed by atoms with Gasteiger partial charge in [-0.25, -0.2) is 12.7 Å². The van der Waals surface area contributed by atoms with Crippen LogP contribution in [0.15, 0.2) is 114 Å². The number of allylic oxidation sites excluding steroid dienone is 1. The lowest BCUT2D eigenvalue weighted by molar-refractivity contribution is -0.105. The molecule has 1 aliphatic rings. The molecular weight excluding hydrogens is 518 g/mol. The van der Waals surface area contributed by atoms with Gasteiger partial charge in [0.25, 0.3) is 10.0 Å². The number of ketones is 1. The molecule has 0 saturated carbocycles. The zero-order valence-corrected chi connectivity index (χ0v) is 22.1. The number of Topliss-reactive ketones (excluding diaryl/α,β-unsaturated/α-hetero) is 1. The fourth-order valence-electron chi connectivity index (χ4n) is 4.78. The van der Waals surface area contributed by atoms with Gasteiger partial charge in [0.2, 0.25) is 0 Å². The number of fused-ring (bicyclic) bond motifs is 1. The number of aldehydes is 1. The number of carbonyl (C=O) groups is 2. The van der Waals surface area contributed by atoms with E-state index in [1.807, 2.05) is 13.0 Å². The van der Waals surface area contributed by atoms with Gasteiger partial charge in [0, 0.05) is 28.5 Å². The number of nitrogens with zero attached hydrogens (tertiary/aromatic N) is 1. The normalized spacial score (nSPS) is 15.2. The molecule has 0 unspecified atom stereocenters. The number of para-hydroxylation sites is 1. The summed E-state index contributed by atoms with van der Waals surface area (Å²) in [6.07, 6.45) is 0.664. The third-order valence-corrected chi connectivity index (χ3v) is 8.65. The van der Waals surface area contributed by atoms with E-state index in [1.54, 1.807) is 97.1 Å². The lowest BCUT2D eigenvalue weighted by Gasteiger charge is -2.37. The van der Waals surface area contributed by atoms with E-state index in [1.165, 1.54) is 4.31 Å². The minimum Gasteiger partial charge on any atom is -0.298 e. The molecule has 38 heavy (non-hydrogen) atoms. The van der Waals surface area contributed by atoms with E-state index >= 15 is 0 Å². The van der Waals surface area contributed by atoms with Crippen molar-refractivity contribution in [2.75, 3.05) is 4.31 Å². The molecule has 4 aromatic rings. The molecule has 0 N–H and O–H groups in total. The van der Waals surface area contributed by atoms with Crippen molar-refractivity contribution >= 4 is 45.1 Å². The third-order valence-electron chi connectivity index (χ3n) is 6.67. The summed E-state index contributed by atoms with van der Waals surface area (Å²) < 4.78 is 29.6. The highest BCUT2D eigenvalue weighted by molar-refractivity contribution is 7.93. The van der Waals surface area contributed by atoms with Gasteiger partial charge >= 0.3 is 0 Å². The molecule has 0 aromatic heterocycles. The first-order valence-electron chi connectivity index (χ1n) is 12.1. The van der Waals surface area contributed by atoms with Gasteiger partial charge in [-0.3, -0.25) is 9.59 Å². The second-order valence-electron chi connectivity index (χ2n) is 9.12. The highest BCUT2D eigenvalue weighted by Gasteiger charge is 2.40. The first kappa shape index (κ1) is 25.6. The van der Waals surface area contributed by atoms with Crippen molar-refractivity contribution in [3.05, 3.63) is 136 Å². The van der Waals surface area contributed by atoms with Crippen molar-refractivity contribution in [2.24, 2.45) is 0 Å². The van der Waals surface area contributed by atoms with Crippen LogP contribution in [0, 0.1) is 6.92 Å². The summed E-state index contributed by atoms with van der Waals surface area (Å²) in [4.78, 5) is 26.2. The average Bonchev–Trinajstić information content (AvgIpc) is 2.93. The summed E-state index contributed by atoms with van der Waals surface area (Å²) in [6, 6.07) is 29.1. The monoisotopic (exact) mass is 541 g/mol. The van der Waals surface area contributed by atoms with Crippen molar-refractivity contribution in [2.45, 2.75) is 24.2 Å².